The molecule has 4 nitrogen and oxygen atoms in total. The van der Waals surface area contributed by atoms with Gasteiger partial charge in [0.05, 0.1) is 0 Å². The summed E-state index contributed by atoms with van der Waals surface area (Å²) in [5, 5.41) is 12.2. The van der Waals surface area contributed by atoms with Gasteiger partial charge < -0.3 is 19.9 Å². The van der Waals surface area contributed by atoms with Gasteiger partial charge in [-0.3, -0.25) is 0 Å². The highest BCUT2D eigenvalue weighted by atomic mass is 16.6. The average molecular weight is 251 g/mol. The zero-order valence-corrected chi connectivity index (χ0v) is 10.8. The third-order valence-corrected chi connectivity index (χ3v) is 3.10. The lowest BCUT2D eigenvalue weighted by Crippen LogP contribution is -2.21. The second-order valence-corrected chi connectivity index (χ2v) is 4.51. The van der Waals surface area contributed by atoms with Gasteiger partial charge in [-0.05, 0) is 44.0 Å². The average Bonchev–Trinajstić information content (AvgIpc) is 2.43. The number of nitrogens with one attached hydrogen (secondary N) is 1. The molecule has 0 radical (unpaired) electrons. The van der Waals surface area contributed by atoms with E-state index in [1.165, 1.54) is 5.56 Å². The molecule has 1 atom stereocenters. The van der Waals surface area contributed by atoms with Crippen LogP contribution in [-0.2, 0) is 0 Å². The Labute approximate surface area is 108 Å². The number of benzene rings is 1. The summed E-state index contributed by atoms with van der Waals surface area (Å²) in [5.74, 6) is 1.67. The molecular weight excluding hydrogens is 230 g/mol. The van der Waals surface area contributed by atoms with Gasteiger partial charge in [-0.1, -0.05) is 6.07 Å². The first-order valence-corrected chi connectivity index (χ1v) is 6.55. The van der Waals surface area contributed by atoms with Crippen LogP contribution in [0.4, 0.5) is 0 Å². The van der Waals surface area contributed by atoms with Crippen LogP contribution in [0.1, 0.15) is 31.4 Å². The molecular formula is C14H21NO3. The maximum atomic E-state index is 8.72. The minimum atomic E-state index is 0.264. The number of rotatable bonds is 6. The van der Waals surface area contributed by atoms with Gasteiger partial charge in [0.15, 0.2) is 11.5 Å². The molecule has 1 aliphatic rings. The molecule has 18 heavy (non-hydrogen) atoms. The summed E-state index contributed by atoms with van der Waals surface area (Å²) in [6, 6.07) is 6.35. The Morgan fingerprint density at radius 3 is 2.78 bits per heavy atom. The van der Waals surface area contributed by atoms with Gasteiger partial charge >= 0.3 is 0 Å². The van der Waals surface area contributed by atoms with E-state index in [1.54, 1.807) is 0 Å². The normalized spacial score (nSPS) is 15.4. The van der Waals surface area contributed by atoms with E-state index in [1.807, 2.05) is 12.1 Å². The monoisotopic (exact) mass is 251 g/mol. The first-order valence-electron chi connectivity index (χ1n) is 6.55. The van der Waals surface area contributed by atoms with E-state index in [0.717, 1.165) is 30.9 Å². The lowest BCUT2D eigenvalue weighted by molar-refractivity contribution is 0.171. The highest BCUT2D eigenvalue weighted by Crippen LogP contribution is 2.32. The van der Waals surface area contributed by atoms with Crippen molar-refractivity contribution in [2.45, 2.75) is 25.8 Å². The fourth-order valence-corrected chi connectivity index (χ4v) is 2.00. The van der Waals surface area contributed by atoms with Crippen molar-refractivity contribution in [3.05, 3.63) is 23.8 Å². The van der Waals surface area contributed by atoms with Crippen LogP contribution in [0.2, 0.25) is 0 Å². The van der Waals surface area contributed by atoms with Crippen LogP contribution in [-0.4, -0.2) is 31.5 Å². The molecule has 4 heteroatoms. The summed E-state index contributed by atoms with van der Waals surface area (Å²) in [5.41, 5.74) is 1.20. The molecule has 2 rings (SSSR count). The van der Waals surface area contributed by atoms with Crippen molar-refractivity contribution in [3.63, 3.8) is 0 Å². The molecule has 2 N–H and O–H groups in total. The summed E-state index contributed by atoms with van der Waals surface area (Å²) in [6.45, 7) is 4.55. The van der Waals surface area contributed by atoms with Crippen molar-refractivity contribution in [2.75, 3.05) is 26.4 Å². The predicted molar refractivity (Wildman–Crippen MR) is 70.2 cm³/mol. The van der Waals surface area contributed by atoms with Crippen molar-refractivity contribution in [2.24, 2.45) is 0 Å². The van der Waals surface area contributed by atoms with Gasteiger partial charge in [0.2, 0.25) is 0 Å². The first kappa shape index (κ1) is 13.2. The Bertz CT molecular complexity index is 381. The van der Waals surface area contributed by atoms with Gasteiger partial charge in [-0.15, -0.1) is 0 Å². The molecule has 0 fully saturated rings. The molecule has 0 aromatic heterocycles. The molecule has 0 amide bonds. The largest absolute Gasteiger partial charge is 0.486 e. The Morgan fingerprint density at radius 1 is 1.22 bits per heavy atom. The number of ether oxygens (including phenoxy) is 2. The second kappa shape index (κ2) is 6.61. The smallest absolute Gasteiger partial charge is 0.161 e. The zero-order chi connectivity index (χ0) is 12.8. The Balaban J connectivity index is 1.91. The van der Waals surface area contributed by atoms with Crippen LogP contribution in [0.25, 0.3) is 0 Å². The van der Waals surface area contributed by atoms with E-state index in [4.69, 9.17) is 14.6 Å². The van der Waals surface area contributed by atoms with Crippen LogP contribution in [0.15, 0.2) is 18.2 Å². The van der Waals surface area contributed by atoms with Gasteiger partial charge in [0.25, 0.3) is 0 Å². The van der Waals surface area contributed by atoms with E-state index < -0.39 is 0 Å². The molecule has 0 saturated carbocycles. The molecule has 1 heterocycles. The van der Waals surface area contributed by atoms with Gasteiger partial charge in [0.1, 0.15) is 13.2 Å². The van der Waals surface area contributed by atoms with E-state index in [9.17, 15) is 0 Å². The standard InChI is InChI=1S/C14H21NO3/c1-11(15-6-2-3-7-16)12-4-5-13-14(10-12)18-9-8-17-13/h4-5,10-11,15-16H,2-3,6-9H2,1H3. The molecule has 0 bridgehead atoms. The topological polar surface area (TPSA) is 50.7 Å². The molecule has 1 unspecified atom stereocenters. The van der Waals surface area contributed by atoms with Gasteiger partial charge in [0, 0.05) is 12.6 Å². The lowest BCUT2D eigenvalue weighted by Gasteiger charge is -2.21. The van der Waals surface area contributed by atoms with Crippen LogP contribution >= 0.6 is 0 Å². The maximum Gasteiger partial charge on any atom is 0.161 e. The Morgan fingerprint density at radius 2 is 2.00 bits per heavy atom. The highest BCUT2D eigenvalue weighted by Gasteiger charge is 2.13. The van der Waals surface area contributed by atoms with Crippen molar-refractivity contribution < 1.29 is 14.6 Å². The second-order valence-electron chi connectivity index (χ2n) is 4.51. The minimum absolute atomic E-state index is 0.264. The predicted octanol–water partition coefficient (Wildman–Crippen LogP) is 1.88. The van der Waals surface area contributed by atoms with Crippen LogP contribution in [0, 0.1) is 0 Å². The van der Waals surface area contributed by atoms with E-state index >= 15 is 0 Å². The molecule has 1 aliphatic heterocycles. The summed E-state index contributed by atoms with van der Waals surface area (Å²) >= 11 is 0. The van der Waals surface area contributed by atoms with E-state index in [-0.39, 0.29) is 12.6 Å². The number of aliphatic hydroxyl groups is 1. The number of aliphatic hydroxyl groups excluding tert-OH is 1. The molecule has 0 aliphatic carbocycles. The number of fused-ring (bicyclic) bond motifs is 1. The molecule has 0 spiro atoms. The third kappa shape index (κ3) is 3.37. The third-order valence-electron chi connectivity index (χ3n) is 3.10. The maximum absolute atomic E-state index is 8.72. The Hall–Kier alpha value is -1.26. The van der Waals surface area contributed by atoms with Crippen LogP contribution < -0.4 is 14.8 Å². The number of unbranched alkanes of at least 4 members (excludes halogenated alkanes) is 1. The first-order chi connectivity index (χ1) is 8.81. The zero-order valence-electron chi connectivity index (χ0n) is 10.8. The SMILES string of the molecule is CC(NCCCCO)c1ccc2c(c1)OCCO2. The summed E-state index contributed by atoms with van der Waals surface area (Å²) in [7, 11) is 0. The highest BCUT2D eigenvalue weighted by molar-refractivity contribution is 5.44. The fourth-order valence-electron chi connectivity index (χ4n) is 2.00. The Kier molecular flexibility index (Phi) is 4.84. The van der Waals surface area contributed by atoms with Gasteiger partial charge in [-0.25, -0.2) is 0 Å². The van der Waals surface area contributed by atoms with Crippen molar-refractivity contribution in [3.8, 4) is 11.5 Å². The molecule has 1 aromatic carbocycles. The summed E-state index contributed by atoms with van der Waals surface area (Å²) in [6.07, 6.45) is 1.84. The lowest BCUT2D eigenvalue weighted by atomic mass is 10.1. The van der Waals surface area contributed by atoms with Gasteiger partial charge in [-0.2, -0.15) is 0 Å². The van der Waals surface area contributed by atoms with Crippen molar-refractivity contribution in [1.82, 2.24) is 5.32 Å². The summed E-state index contributed by atoms with van der Waals surface area (Å²) in [4.78, 5) is 0. The molecule has 1 aromatic rings. The minimum Gasteiger partial charge on any atom is -0.486 e. The van der Waals surface area contributed by atoms with E-state index in [2.05, 4.69) is 18.3 Å². The number of hydrogen-bond acceptors (Lipinski definition) is 4. The molecule has 100 valence electrons. The van der Waals surface area contributed by atoms with Crippen molar-refractivity contribution >= 4 is 0 Å². The fraction of sp³-hybridized carbons (Fsp3) is 0.571. The van der Waals surface area contributed by atoms with Crippen molar-refractivity contribution in [1.29, 1.82) is 0 Å². The van der Waals surface area contributed by atoms with Crippen LogP contribution in [0.3, 0.4) is 0 Å². The molecule has 0 saturated heterocycles. The number of hydrogen-bond donors (Lipinski definition) is 2. The van der Waals surface area contributed by atoms with Crippen LogP contribution in [0.5, 0.6) is 11.5 Å². The van der Waals surface area contributed by atoms with E-state index in [0.29, 0.717) is 13.2 Å². The summed E-state index contributed by atoms with van der Waals surface area (Å²) < 4.78 is 11.1. The quantitative estimate of drug-likeness (QED) is 0.758.